The van der Waals surface area contributed by atoms with E-state index in [4.69, 9.17) is 12.2 Å². The maximum absolute atomic E-state index is 5.67. The van der Waals surface area contributed by atoms with Gasteiger partial charge in [-0.15, -0.1) is 0 Å². The molecule has 0 bridgehead atoms. The first-order chi connectivity index (χ1) is 10.8. The van der Waals surface area contributed by atoms with E-state index in [0.717, 1.165) is 18.2 Å². The third kappa shape index (κ3) is 4.45. The molecule has 1 aliphatic rings. The molecule has 0 aromatic heterocycles. The smallest absolute Gasteiger partial charge is 0.173 e. The first-order valence-electron chi connectivity index (χ1n) is 8.65. The van der Waals surface area contributed by atoms with Crippen LogP contribution in [0.1, 0.15) is 43.4 Å². The molecule has 0 unspecified atom stereocenters. The van der Waals surface area contributed by atoms with Crippen LogP contribution in [0, 0.1) is 20.8 Å². The van der Waals surface area contributed by atoms with Gasteiger partial charge in [-0.2, -0.15) is 0 Å². The van der Waals surface area contributed by atoms with Crippen molar-refractivity contribution in [2.75, 3.05) is 25.5 Å². The van der Waals surface area contributed by atoms with Gasteiger partial charge in [-0.3, -0.25) is 0 Å². The first kappa shape index (κ1) is 18.2. The number of nitrogens with one attached hydrogen (secondary N) is 1. The van der Waals surface area contributed by atoms with E-state index in [2.05, 4.69) is 68.9 Å². The molecule has 1 aromatic carbocycles. The summed E-state index contributed by atoms with van der Waals surface area (Å²) in [6, 6.07) is 5.70. The summed E-state index contributed by atoms with van der Waals surface area (Å²) in [5, 5.41) is 4.35. The van der Waals surface area contributed by atoms with Crippen molar-refractivity contribution < 1.29 is 0 Å². The highest BCUT2D eigenvalue weighted by Gasteiger charge is 2.25. The van der Waals surface area contributed by atoms with Gasteiger partial charge in [0.25, 0.3) is 0 Å². The van der Waals surface area contributed by atoms with E-state index in [0.29, 0.717) is 12.1 Å². The average molecular weight is 334 g/mol. The molecule has 0 saturated carbocycles. The molecule has 1 aliphatic heterocycles. The molecule has 1 heterocycles. The molecule has 3 nitrogen and oxygen atoms in total. The Hall–Kier alpha value is -1.13. The highest BCUT2D eigenvalue weighted by atomic mass is 32.1. The van der Waals surface area contributed by atoms with E-state index in [-0.39, 0.29) is 0 Å². The zero-order valence-electron chi connectivity index (χ0n) is 15.4. The standard InChI is InChI=1S/C19H31N3S/c1-13(2)21(6)17-7-9-22(10-8-17)19(23)20-18-15(4)11-14(3)12-16(18)5/h11-13,17H,7-10H2,1-6H3,(H,20,23). The molecule has 1 saturated heterocycles. The molecule has 2 rings (SSSR count). The summed E-state index contributed by atoms with van der Waals surface area (Å²) in [7, 11) is 2.24. The van der Waals surface area contributed by atoms with Crippen molar-refractivity contribution in [1.82, 2.24) is 9.80 Å². The van der Waals surface area contributed by atoms with Gasteiger partial charge in [0.1, 0.15) is 0 Å². The summed E-state index contributed by atoms with van der Waals surface area (Å²) >= 11 is 5.67. The van der Waals surface area contributed by atoms with Gasteiger partial charge in [-0.05, 0) is 77.9 Å². The molecule has 0 atom stereocenters. The van der Waals surface area contributed by atoms with Crippen LogP contribution in [0.4, 0.5) is 5.69 Å². The number of thiocarbonyl (C=S) groups is 1. The van der Waals surface area contributed by atoms with E-state index >= 15 is 0 Å². The lowest BCUT2D eigenvalue weighted by Gasteiger charge is -2.39. The summed E-state index contributed by atoms with van der Waals surface area (Å²) in [4.78, 5) is 4.81. The van der Waals surface area contributed by atoms with Gasteiger partial charge < -0.3 is 15.1 Å². The molecular formula is C19H31N3S. The molecule has 0 amide bonds. The zero-order chi connectivity index (χ0) is 17.1. The largest absolute Gasteiger partial charge is 0.349 e. The quantitative estimate of drug-likeness (QED) is 0.839. The molecule has 1 aromatic rings. The van der Waals surface area contributed by atoms with Gasteiger partial charge in [0.2, 0.25) is 0 Å². The molecule has 1 N–H and O–H groups in total. The summed E-state index contributed by atoms with van der Waals surface area (Å²) in [5.41, 5.74) is 4.99. The van der Waals surface area contributed by atoms with Crippen LogP contribution in [-0.2, 0) is 0 Å². The van der Waals surface area contributed by atoms with Crippen molar-refractivity contribution >= 4 is 23.0 Å². The van der Waals surface area contributed by atoms with Gasteiger partial charge in [0, 0.05) is 30.9 Å². The second kappa shape index (κ2) is 7.63. The van der Waals surface area contributed by atoms with Crippen molar-refractivity contribution in [3.63, 3.8) is 0 Å². The molecule has 0 aliphatic carbocycles. The number of aryl methyl sites for hydroxylation is 3. The summed E-state index contributed by atoms with van der Waals surface area (Å²) in [6.07, 6.45) is 2.37. The van der Waals surface area contributed by atoms with Gasteiger partial charge in [-0.25, -0.2) is 0 Å². The topological polar surface area (TPSA) is 18.5 Å². The molecule has 0 radical (unpaired) electrons. The van der Waals surface area contributed by atoms with Crippen LogP contribution in [0.5, 0.6) is 0 Å². The summed E-state index contributed by atoms with van der Waals surface area (Å²) in [6.45, 7) is 13.0. The van der Waals surface area contributed by atoms with Crippen LogP contribution in [0.3, 0.4) is 0 Å². The second-order valence-electron chi connectivity index (χ2n) is 7.18. The number of benzene rings is 1. The zero-order valence-corrected chi connectivity index (χ0v) is 16.3. The minimum atomic E-state index is 0.606. The fraction of sp³-hybridized carbons (Fsp3) is 0.632. The Morgan fingerprint density at radius 2 is 1.70 bits per heavy atom. The van der Waals surface area contributed by atoms with Crippen molar-refractivity contribution in [3.05, 3.63) is 28.8 Å². The maximum atomic E-state index is 5.67. The minimum absolute atomic E-state index is 0.606. The fourth-order valence-corrected chi connectivity index (χ4v) is 3.75. The van der Waals surface area contributed by atoms with E-state index < -0.39 is 0 Å². The summed E-state index contributed by atoms with van der Waals surface area (Å²) < 4.78 is 0. The predicted molar refractivity (Wildman–Crippen MR) is 104 cm³/mol. The number of hydrogen-bond donors (Lipinski definition) is 1. The lowest BCUT2D eigenvalue weighted by Crippen LogP contribution is -2.48. The Balaban J connectivity index is 1.96. The molecule has 23 heavy (non-hydrogen) atoms. The number of hydrogen-bond acceptors (Lipinski definition) is 2. The Bertz CT molecular complexity index is 537. The normalized spacial score (nSPS) is 16.3. The Kier molecular flexibility index (Phi) is 6.04. The van der Waals surface area contributed by atoms with Gasteiger partial charge in [-0.1, -0.05) is 17.7 Å². The monoisotopic (exact) mass is 333 g/mol. The maximum Gasteiger partial charge on any atom is 0.173 e. The van der Waals surface area contributed by atoms with Crippen LogP contribution < -0.4 is 5.32 Å². The van der Waals surface area contributed by atoms with Crippen LogP contribution in [-0.4, -0.2) is 47.1 Å². The second-order valence-corrected chi connectivity index (χ2v) is 7.57. The first-order valence-corrected chi connectivity index (χ1v) is 9.06. The van der Waals surface area contributed by atoms with Crippen molar-refractivity contribution in [1.29, 1.82) is 0 Å². The molecule has 128 valence electrons. The SMILES string of the molecule is Cc1cc(C)c(NC(=S)N2CCC(N(C)C(C)C)CC2)c(C)c1. The number of rotatable bonds is 3. The van der Waals surface area contributed by atoms with Crippen molar-refractivity contribution in [2.24, 2.45) is 0 Å². The third-order valence-electron chi connectivity index (χ3n) is 5.05. The third-order valence-corrected chi connectivity index (χ3v) is 5.41. The Morgan fingerprint density at radius 1 is 1.17 bits per heavy atom. The van der Waals surface area contributed by atoms with Crippen LogP contribution in [0.15, 0.2) is 12.1 Å². The lowest BCUT2D eigenvalue weighted by molar-refractivity contribution is 0.136. The Labute approximate surface area is 147 Å². The highest BCUT2D eigenvalue weighted by Crippen LogP contribution is 2.23. The molecule has 1 fully saturated rings. The summed E-state index contributed by atoms with van der Waals surface area (Å²) in [5.74, 6) is 0. The predicted octanol–water partition coefficient (Wildman–Crippen LogP) is 4.11. The number of piperidine rings is 1. The van der Waals surface area contributed by atoms with E-state index in [9.17, 15) is 0 Å². The van der Waals surface area contributed by atoms with E-state index in [1.54, 1.807) is 0 Å². The van der Waals surface area contributed by atoms with Gasteiger partial charge >= 0.3 is 0 Å². The number of likely N-dealkylation sites (tertiary alicyclic amines) is 1. The van der Waals surface area contributed by atoms with Gasteiger partial charge in [0.15, 0.2) is 5.11 Å². The lowest BCUT2D eigenvalue weighted by atomic mass is 10.0. The van der Waals surface area contributed by atoms with Crippen LogP contribution in [0.2, 0.25) is 0 Å². The molecule has 4 heteroatoms. The average Bonchev–Trinajstić information content (AvgIpc) is 2.50. The van der Waals surface area contributed by atoms with Gasteiger partial charge in [0.05, 0.1) is 0 Å². The van der Waals surface area contributed by atoms with E-state index in [1.807, 2.05) is 0 Å². The molecular weight excluding hydrogens is 302 g/mol. The Morgan fingerprint density at radius 3 is 2.17 bits per heavy atom. The van der Waals surface area contributed by atoms with Crippen molar-refractivity contribution in [2.45, 2.75) is 59.5 Å². The highest BCUT2D eigenvalue weighted by molar-refractivity contribution is 7.80. The fourth-order valence-electron chi connectivity index (χ4n) is 3.46. The van der Waals surface area contributed by atoms with Crippen LogP contribution in [0.25, 0.3) is 0 Å². The minimum Gasteiger partial charge on any atom is -0.349 e. The van der Waals surface area contributed by atoms with Crippen LogP contribution >= 0.6 is 12.2 Å². The number of anilines is 1. The number of nitrogens with zero attached hydrogens (tertiary/aromatic N) is 2. The van der Waals surface area contributed by atoms with E-state index in [1.165, 1.54) is 35.2 Å². The van der Waals surface area contributed by atoms with Crippen molar-refractivity contribution in [3.8, 4) is 0 Å². The molecule has 0 spiro atoms.